The minimum atomic E-state index is 0.439. The van der Waals surface area contributed by atoms with E-state index in [9.17, 15) is 0 Å². The van der Waals surface area contributed by atoms with Crippen molar-refractivity contribution in [3.63, 3.8) is 0 Å². The highest BCUT2D eigenvalue weighted by Gasteiger charge is 2.24. The Morgan fingerprint density at radius 3 is 2.71 bits per heavy atom. The average molecular weight is 378 g/mol. The van der Waals surface area contributed by atoms with Gasteiger partial charge in [-0.25, -0.2) is 14.6 Å². The highest BCUT2D eigenvalue weighted by atomic mass is 16.5. The zero-order valence-electron chi connectivity index (χ0n) is 16.0. The maximum Gasteiger partial charge on any atom is 0.168 e. The summed E-state index contributed by atoms with van der Waals surface area (Å²) in [5, 5.41) is 9.16. The fraction of sp³-hybridized carbons (Fsp3) is 0.476. The summed E-state index contributed by atoms with van der Waals surface area (Å²) in [5.74, 6) is 1.60. The molecule has 0 aliphatic carbocycles. The molecule has 0 radical (unpaired) electrons. The number of ether oxygens (including phenoxy) is 1. The standard InChI is InChI=1S/C21H26N6O/c1-2-4-18(5-3-1)27-21-19(12-24-27)20(22-15-23-21)25-17-6-9-26(10-7-17)13-16-8-11-28-14-16/h1-5,12,15-17H,6-11,13-14H2,(H,22,23,25). The highest BCUT2D eigenvalue weighted by Crippen LogP contribution is 2.24. The minimum absolute atomic E-state index is 0.439. The van der Waals surface area contributed by atoms with Gasteiger partial charge in [0.15, 0.2) is 5.65 Å². The van der Waals surface area contributed by atoms with Gasteiger partial charge in [0, 0.05) is 32.3 Å². The topological polar surface area (TPSA) is 68.1 Å². The third kappa shape index (κ3) is 3.59. The molecule has 146 valence electrons. The monoisotopic (exact) mass is 378 g/mol. The third-order valence-corrected chi connectivity index (χ3v) is 5.84. The van der Waals surface area contributed by atoms with Crippen LogP contribution in [0.15, 0.2) is 42.9 Å². The van der Waals surface area contributed by atoms with Crippen LogP contribution in [0.1, 0.15) is 19.3 Å². The number of nitrogens with one attached hydrogen (secondary N) is 1. The maximum atomic E-state index is 5.51. The van der Waals surface area contributed by atoms with Crippen molar-refractivity contribution in [2.45, 2.75) is 25.3 Å². The molecule has 0 saturated carbocycles. The van der Waals surface area contributed by atoms with E-state index in [0.29, 0.717) is 6.04 Å². The predicted molar refractivity (Wildman–Crippen MR) is 109 cm³/mol. The van der Waals surface area contributed by atoms with E-state index in [1.165, 1.54) is 13.0 Å². The van der Waals surface area contributed by atoms with Gasteiger partial charge in [0.25, 0.3) is 0 Å². The van der Waals surface area contributed by atoms with Crippen molar-refractivity contribution in [3.8, 4) is 5.69 Å². The lowest BCUT2D eigenvalue weighted by Gasteiger charge is -2.33. The molecular weight excluding hydrogens is 352 g/mol. The Bertz CT molecular complexity index is 913. The number of benzene rings is 1. The molecule has 4 heterocycles. The Morgan fingerprint density at radius 2 is 1.93 bits per heavy atom. The van der Waals surface area contributed by atoms with E-state index in [4.69, 9.17) is 4.74 Å². The van der Waals surface area contributed by atoms with Gasteiger partial charge in [-0.2, -0.15) is 5.10 Å². The van der Waals surface area contributed by atoms with Gasteiger partial charge >= 0.3 is 0 Å². The molecule has 2 aliphatic rings. The van der Waals surface area contributed by atoms with Crippen LogP contribution in [0.3, 0.4) is 0 Å². The molecule has 0 spiro atoms. The fourth-order valence-electron chi connectivity index (χ4n) is 4.26. The molecule has 1 aromatic carbocycles. The molecule has 2 fully saturated rings. The molecular formula is C21H26N6O. The number of likely N-dealkylation sites (tertiary alicyclic amines) is 1. The molecule has 5 rings (SSSR count). The summed E-state index contributed by atoms with van der Waals surface area (Å²) < 4.78 is 7.38. The van der Waals surface area contributed by atoms with Gasteiger partial charge in [-0.05, 0) is 37.3 Å². The van der Waals surface area contributed by atoms with Crippen LogP contribution in [0.2, 0.25) is 0 Å². The van der Waals surface area contributed by atoms with Crippen molar-refractivity contribution in [2.24, 2.45) is 5.92 Å². The molecule has 28 heavy (non-hydrogen) atoms. The number of piperidine rings is 1. The van der Waals surface area contributed by atoms with E-state index < -0.39 is 0 Å². The molecule has 1 unspecified atom stereocenters. The molecule has 1 atom stereocenters. The normalized spacial score (nSPS) is 21.4. The van der Waals surface area contributed by atoms with E-state index in [0.717, 1.165) is 67.6 Å². The number of aromatic nitrogens is 4. The van der Waals surface area contributed by atoms with Crippen molar-refractivity contribution >= 4 is 16.9 Å². The van der Waals surface area contributed by atoms with E-state index >= 15 is 0 Å². The molecule has 2 aromatic heterocycles. The average Bonchev–Trinajstić information content (AvgIpc) is 3.40. The van der Waals surface area contributed by atoms with Crippen LogP contribution in [-0.4, -0.2) is 63.5 Å². The highest BCUT2D eigenvalue weighted by molar-refractivity contribution is 5.87. The van der Waals surface area contributed by atoms with Gasteiger partial charge in [-0.1, -0.05) is 18.2 Å². The second kappa shape index (κ2) is 7.85. The van der Waals surface area contributed by atoms with Crippen molar-refractivity contribution in [1.29, 1.82) is 0 Å². The molecule has 2 aliphatic heterocycles. The summed E-state index contributed by atoms with van der Waals surface area (Å²) in [7, 11) is 0. The Balaban J connectivity index is 1.27. The Morgan fingerprint density at radius 1 is 1.07 bits per heavy atom. The first-order chi connectivity index (χ1) is 13.9. The second-order valence-corrected chi connectivity index (χ2v) is 7.80. The van der Waals surface area contributed by atoms with Gasteiger partial charge < -0.3 is 15.0 Å². The van der Waals surface area contributed by atoms with Gasteiger partial charge in [0.2, 0.25) is 0 Å². The van der Waals surface area contributed by atoms with E-state index in [2.05, 4.69) is 25.3 Å². The van der Waals surface area contributed by atoms with Crippen molar-refractivity contribution < 1.29 is 4.74 Å². The van der Waals surface area contributed by atoms with Gasteiger partial charge in [0.05, 0.1) is 23.9 Å². The van der Waals surface area contributed by atoms with Crippen LogP contribution in [0, 0.1) is 5.92 Å². The van der Waals surface area contributed by atoms with Crippen LogP contribution >= 0.6 is 0 Å². The number of nitrogens with zero attached hydrogens (tertiary/aromatic N) is 5. The lowest BCUT2D eigenvalue weighted by molar-refractivity contribution is 0.154. The maximum absolute atomic E-state index is 5.51. The Labute approximate surface area is 164 Å². The van der Waals surface area contributed by atoms with Crippen LogP contribution in [-0.2, 0) is 4.74 Å². The number of rotatable bonds is 5. The van der Waals surface area contributed by atoms with E-state index in [1.54, 1.807) is 6.33 Å². The smallest absolute Gasteiger partial charge is 0.168 e. The number of fused-ring (bicyclic) bond motifs is 1. The largest absolute Gasteiger partial charge is 0.381 e. The van der Waals surface area contributed by atoms with Crippen LogP contribution < -0.4 is 5.32 Å². The first-order valence-corrected chi connectivity index (χ1v) is 10.2. The molecule has 1 N–H and O–H groups in total. The lowest BCUT2D eigenvalue weighted by atomic mass is 10.0. The van der Waals surface area contributed by atoms with E-state index in [1.807, 2.05) is 41.2 Å². The van der Waals surface area contributed by atoms with Crippen LogP contribution in [0.5, 0.6) is 0 Å². The SMILES string of the molecule is c1ccc(-n2ncc3c(NC4CCN(CC5CCOC5)CC4)ncnc32)cc1. The third-order valence-electron chi connectivity index (χ3n) is 5.84. The van der Waals surface area contributed by atoms with Gasteiger partial charge in [-0.15, -0.1) is 0 Å². The first-order valence-electron chi connectivity index (χ1n) is 10.2. The summed E-state index contributed by atoms with van der Waals surface area (Å²) >= 11 is 0. The fourth-order valence-corrected chi connectivity index (χ4v) is 4.26. The van der Waals surface area contributed by atoms with Crippen molar-refractivity contribution in [3.05, 3.63) is 42.9 Å². The number of para-hydroxylation sites is 1. The first kappa shape index (κ1) is 17.6. The second-order valence-electron chi connectivity index (χ2n) is 7.80. The van der Waals surface area contributed by atoms with Crippen molar-refractivity contribution in [1.82, 2.24) is 24.6 Å². The number of hydrogen-bond acceptors (Lipinski definition) is 6. The summed E-state index contributed by atoms with van der Waals surface area (Å²) in [5.41, 5.74) is 1.84. The van der Waals surface area contributed by atoms with Crippen molar-refractivity contribution in [2.75, 3.05) is 38.2 Å². The summed E-state index contributed by atoms with van der Waals surface area (Å²) in [6.07, 6.45) is 6.96. The van der Waals surface area contributed by atoms with Gasteiger partial charge in [-0.3, -0.25) is 0 Å². The predicted octanol–water partition coefficient (Wildman–Crippen LogP) is 2.73. The van der Waals surface area contributed by atoms with Gasteiger partial charge in [0.1, 0.15) is 12.1 Å². The Hall–Kier alpha value is -2.51. The summed E-state index contributed by atoms with van der Waals surface area (Å²) in [6, 6.07) is 10.5. The lowest BCUT2D eigenvalue weighted by Crippen LogP contribution is -2.41. The number of hydrogen-bond donors (Lipinski definition) is 1. The zero-order chi connectivity index (χ0) is 18.8. The Kier molecular flexibility index (Phi) is 4.93. The van der Waals surface area contributed by atoms with Crippen LogP contribution in [0.25, 0.3) is 16.7 Å². The van der Waals surface area contributed by atoms with E-state index in [-0.39, 0.29) is 0 Å². The van der Waals surface area contributed by atoms with Crippen LogP contribution in [0.4, 0.5) is 5.82 Å². The quantitative estimate of drug-likeness (QED) is 0.736. The molecule has 0 bridgehead atoms. The zero-order valence-corrected chi connectivity index (χ0v) is 16.0. The molecule has 7 heteroatoms. The summed E-state index contributed by atoms with van der Waals surface area (Å²) in [4.78, 5) is 11.6. The molecule has 7 nitrogen and oxygen atoms in total. The minimum Gasteiger partial charge on any atom is -0.381 e. The molecule has 3 aromatic rings. The summed E-state index contributed by atoms with van der Waals surface area (Å²) in [6.45, 7) is 5.30. The molecule has 0 amide bonds. The number of anilines is 1. The molecule has 2 saturated heterocycles.